The van der Waals surface area contributed by atoms with Gasteiger partial charge >= 0.3 is 5.69 Å². The number of H-pyrrole nitrogens is 1. The van der Waals surface area contributed by atoms with Crippen LogP contribution in [-0.4, -0.2) is 16.2 Å². The zero-order valence-electron chi connectivity index (χ0n) is 16.3. The van der Waals surface area contributed by atoms with Crippen LogP contribution in [0.5, 0.6) is 0 Å². The topological polar surface area (TPSA) is 64.1 Å². The van der Waals surface area contributed by atoms with Crippen molar-refractivity contribution in [3.63, 3.8) is 0 Å². The van der Waals surface area contributed by atoms with E-state index in [4.69, 9.17) is 4.74 Å². The van der Waals surface area contributed by atoms with E-state index in [2.05, 4.69) is 4.98 Å². The SMILES string of the molecule is CCc1c(Sc2ccccc2)n(CC=CCOCc2ccccc2)c(=O)[nH]c1=O. The first kappa shape index (κ1) is 20.9. The van der Waals surface area contributed by atoms with Crippen LogP contribution >= 0.6 is 11.8 Å². The number of nitrogens with zero attached hydrogens (tertiary/aromatic N) is 1. The second-order valence-electron chi connectivity index (χ2n) is 6.39. The normalized spacial score (nSPS) is 11.2. The van der Waals surface area contributed by atoms with Crippen molar-refractivity contribution in [3.05, 3.63) is 105 Å². The Hall–Kier alpha value is -2.83. The Morgan fingerprint density at radius 3 is 2.38 bits per heavy atom. The van der Waals surface area contributed by atoms with Gasteiger partial charge in [0.25, 0.3) is 5.56 Å². The molecule has 2 aromatic carbocycles. The van der Waals surface area contributed by atoms with E-state index in [1.54, 1.807) is 4.57 Å². The number of ether oxygens (including phenoxy) is 1. The highest BCUT2D eigenvalue weighted by atomic mass is 32.2. The van der Waals surface area contributed by atoms with Crippen molar-refractivity contribution in [2.45, 2.75) is 36.4 Å². The minimum atomic E-state index is -0.402. The predicted molar refractivity (Wildman–Crippen MR) is 117 cm³/mol. The Balaban J connectivity index is 1.72. The van der Waals surface area contributed by atoms with Gasteiger partial charge in [-0.2, -0.15) is 0 Å². The number of aromatic nitrogens is 2. The summed E-state index contributed by atoms with van der Waals surface area (Å²) in [7, 11) is 0. The number of hydrogen-bond acceptors (Lipinski definition) is 4. The molecule has 0 aliphatic rings. The Labute approximate surface area is 174 Å². The maximum Gasteiger partial charge on any atom is 0.329 e. The van der Waals surface area contributed by atoms with Crippen LogP contribution in [-0.2, 0) is 24.3 Å². The molecule has 0 atom stereocenters. The van der Waals surface area contributed by atoms with Crippen LogP contribution < -0.4 is 11.2 Å². The predicted octanol–water partition coefficient (Wildman–Crippen LogP) is 4.02. The van der Waals surface area contributed by atoms with E-state index in [1.165, 1.54) is 11.8 Å². The summed E-state index contributed by atoms with van der Waals surface area (Å²) < 4.78 is 7.24. The quantitative estimate of drug-likeness (QED) is 0.330. The molecule has 0 radical (unpaired) electrons. The number of allylic oxidation sites excluding steroid dienone is 1. The molecule has 1 aromatic heterocycles. The van der Waals surface area contributed by atoms with E-state index in [9.17, 15) is 9.59 Å². The molecule has 6 heteroatoms. The van der Waals surface area contributed by atoms with E-state index < -0.39 is 5.69 Å². The first-order valence-electron chi connectivity index (χ1n) is 9.54. The smallest absolute Gasteiger partial charge is 0.329 e. The molecule has 0 amide bonds. The fourth-order valence-electron chi connectivity index (χ4n) is 2.85. The molecule has 0 bridgehead atoms. The van der Waals surface area contributed by atoms with Crippen molar-refractivity contribution in [2.24, 2.45) is 0 Å². The lowest BCUT2D eigenvalue weighted by Gasteiger charge is -2.13. The summed E-state index contributed by atoms with van der Waals surface area (Å²) in [6, 6.07) is 19.7. The minimum absolute atomic E-state index is 0.317. The molecule has 0 saturated carbocycles. The van der Waals surface area contributed by atoms with Gasteiger partial charge < -0.3 is 4.74 Å². The molecular formula is C23H24N2O3S. The van der Waals surface area contributed by atoms with Crippen molar-refractivity contribution in [2.75, 3.05) is 6.61 Å². The second-order valence-corrected chi connectivity index (χ2v) is 7.46. The molecule has 0 spiro atoms. The zero-order valence-corrected chi connectivity index (χ0v) is 17.2. The van der Waals surface area contributed by atoms with E-state index in [1.807, 2.05) is 79.7 Å². The molecule has 0 aliphatic carbocycles. The highest BCUT2D eigenvalue weighted by Crippen LogP contribution is 2.28. The van der Waals surface area contributed by atoms with Crippen LogP contribution in [0.4, 0.5) is 0 Å². The molecule has 0 saturated heterocycles. The molecule has 0 fully saturated rings. The number of benzene rings is 2. The number of hydrogen-bond donors (Lipinski definition) is 1. The second kappa shape index (κ2) is 10.6. The van der Waals surface area contributed by atoms with E-state index in [0.717, 1.165) is 10.5 Å². The summed E-state index contributed by atoms with van der Waals surface area (Å²) in [4.78, 5) is 28.1. The Kier molecular flexibility index (Phi) is 7.67. The monoisotopic (exact) mass is 408 g/mol. The molecule has 5 nitrogen and oxygen atoms in total. The average molecular weight is 409 g/mol. The molecule has 150 valence electrons. The Morgan fingerprint density at radius 2 is 1.69 bits per heavy atom. The van der Waals surface area contributed by atoms with Crippen LogP contribution in [0, 0.1) is 0 Å². The molecule has 0 aliphatic heterocycles. The molecule has 3 rings (SSSR count). The summed E-state index contributed by atoms with van der Waals surface area (Å²) in [6.45, 7) is 3.28. The highest BCUT2D eigenvalue weighted by Gasteiger charge is 2.14. The van der Waals surface area contributed by atoms with Crippen molar-refractivity contribution >= 4 is 11.8 Å². The van der Waals surface area contributed by atoms with Gasteiger partial charge in [0.15, 0.2) is 0 Å². The number of nitrogens with one attached hydrogen (secondary N) is 1. The number of aromatic amines is 1. The van der Waals surface area contributed by atoms with Crippen molar-refractivity contribution in [3.8, 4) is 0 Å². The van der Waals surface area contributed by atoms with Crippen molar-refractivity contribution in [1.29, 1.82) is 0 Å². The van der Waals surface area contributed by atoms with E-state index >= 15 is 0 Å². The molecule has 1 heterocycles. The fourth-order valence-corrected chi connectivity index (χ4v) is 4.00. The van der Waals surface area contributed by atoms with E-state index in [0.29, 0.717) is 36.8 Å². The van der Waals surface area contributed by atoms with Gasteiger partial charge in [-0.05, 0) is 24.1 Å². The standard InChI is InChI=1S/C23H24N2O3S/c1-2-20-21(26)24-23(27)25(22(20)29-19-13-7-4-8-14-19)15-9-10-16-28-17-18-11-5-3-6-12-18/h3-14H,2,15-17H2,1H3,(H,24,26,27). The summed E-state index contributed by atoms with van der Waals surface area (Å²) in [5, 5.41) is 0.683. The highest BCUT2D eigenvalue weighted by molar-refractivity contribution is 7.99. The summed E-state index contributed by atoms with van der Waals surface area (Å²) >= 11 is 1.44. The largest absolute Gasteiger partial charge is 0.373 e. The van der Waals surface area contributed by atoms with Gasteiger partial charge in [0.2, 0.25) is 0 Å². The van der Waals surface area contributed by atoms with Crippen molar-refractivity contribution < 1.29 is 4.74 Å². The van der Waals surface area contributed by atoms with E-state index in [-0.39, 0.29) is 5.56 Å². The van der Waals surface area contributed by atoms with Gasteiger partial charge in [-0.1, -0.05) is 79.4 Å². The summed E-state index contributed by atoms with van der Waals surface area (Å²) in [6.07, 6.45) is 4.33. The first-order chi connectivity index (χ1) is 14.2. The van der Waals surface area contributed by atoms with Gasteiger partial charge in [-0.3, -0.25) is 14.3 Å². The fraction of sp³-hybridized carbons (Fsp3) is 0.217. The lowest BCUT2D eigenvalue weighted by molar-refractivity contribution is 0.148. The first-order valence-corrected chi connectivity index (χ1v) is 10.4. The third kappa shape index (κ3) is 5.82. The molecule has 1 N–H and O–H groups in total. The Morgan fingerprint density at radius 1 is 1.00 bits per heavy atom. The maximum atomic E-state index is 12.5. The van der Waals surface area contributed by atoms with Crippen molar-refractivity contribution in [1.82, 2.24) is 9.55 Å². The van der Waals surface area contributed by atoms with Gasteiger partial charge in [0, 0.05) is 17.0 Å². The third-order valence-corrected chi connectivity index (χ3v) is 5.50. The van der Waals surface area contributed by atoms with Crippen LogP contribution in [0.3, 0.4) is 0 Å². The Bertz CT molecular complexity index is 1060. The van der Waals surface area contributed by atoms with Crippen LogP contribution in [0.1, 0.15) is 18.1 Å². The summed E-state index contributed by atoms with van der Waals surface area (Å²) in [5.74, 6) is 0. The van der Waals surface area contributed by atoms with Gasteiger partial charge in [-0.25, -0.2) is 4.79 Å². The van der Waals surface area contributed by atoms with Gasteiger partial charge in [-0.15, -0.1) is 0 Å². The molecule has 29 heavy (non-hydrogen) atoms. The zero-order chi connectivity index (χ0) is 20.5. The van der Waals surface area contributed by atoms with Gasteiger partial charge in [0.1, 0.15) is 0 Å². The minimum Gasteiger partial charge on any atom is -0.373 e. The molecular weight excluding hydrogens is 384 g/mol. The van der Waals surface area contributed by atoms with Gasteiger partial charge in [0.05, 0.1) is 18.2 Å². The molecule has 3 aromatic rings. The average Bonchev–Trinajstić information content (AvgIpc) is 2.74. The lowest BCUT2D eigenvalue weighted by atomic mass is 10.2. The van der Waals surface area contributed by atoms with Crippen LogP contribution in [0.2, 0.25) is 0 Å². The molecule has 0 unspecified atom stereocenters. The van der Waals surface area contributed by atoms with Crippen LogP contribution in [0.25, 0.3) is 0 Å². The number of rotatable bonds is 9. The maximum absolute atomic E-state index is 12.5. The van der Waals surface area contributed by atoms with Crippen LogP contribution in [0.15, 0.2) is 92.3 Å². The lowest BCUT2D eigenvalue weighted by Crippen LogP contribution is -2.33. The third-order valence-electron chi connectivity index (χ3n) is 4.33. The summed E-state index contributed by atoms with van der Waals surface area (Å²) in [5.41, 5.74) is 1.02.